The van der Waals surface area contributed by atoms with Gasteiger partial charge in [0, 0.05) is 17.3 Å². The molecule has 6 heteroatoms. The third-order valence-electron chi connectivity index (χ3n) is 7.45. The van der Waals surface area contributed by atoms with Gasteiger partial charge in [-0.15, -0.1) is 11.3 Å². The van der Waals surface area contributed by atoms with Crippen molar-refractivity contribution in [2.45, 2.75) is 64.8 Å². The van der Waals surface area contributed by atoms with Gasteiger partial charge < -0.3 is 14.8 Å². The molecular weight excluding hydrogens is 418 g/mol. The molecule has 3 atom stereocenters. The van der Waals surface area contributed by atoms with E-state index in [4.69, 9.17) is 19.4 Å². The van der Waals surface area contributed by atoms with Crippen LogP contribution in [0.1, 0.15) is 61.4 Å². The Morgan fingerprint density at radius 3 is 2.69 bits per heavy atom. The minimum Gasteiger partial charge on any atom is -0.493 e. The Bertz CT molecular complexity index is 1130. The Kier molecular flexibility index (Phi) is 5.97. The Balaban J connectivity index is 1.52. The van der Waals surface area contributed by atoms with Crippen molar-refractivity contribution in [2.75, 3.05) is 19.5 Å². The summed E-state index contributed by atoms with van der Waals surface area (Å²) in [6.45, 7) is 4.78. The van der Waals surface area contributed by atoms with Crippen LogP contribution in [0, 0.1) is 11.8 Å². The highest BCUT2D eigenvalue weighted by molar-refractivity contribution is 7.19. The van der Waals surface area contributed by atoms with Gasteiger partial charge in [0.1, 0.15) is 16.5 Å². The zero-order valence-electron chi connectivity index (χ0n) is 19.5. The van der Waals surface area contributed by atoms with E-state index < -0.39 is 0 Å². The number of nitrogens with one attached hydrogen (secondary N) is 1. The van der Waals surface area contributed by atoms with Crippen LogP contribution in [0.4, 0.5) is 5.82 Å². The number of nitrogens with zero attached hydrogens (tertiary/aromatic N) is 2. The highest BCUT2D eigenvalue weighted by Crippen LogP contribution is 2.41. The Hall–Kier alpha value is -2.34. The fourth-order valence-corrected chi connectivity index (χ4v) is 6.64. The number of methoxy groups -OCH3 is 2. The smallest absolute Gasteiger partial charge is 0.161 e. The number of hydrogen-bond donors (Lipinski definition) is 1. The molecule has 0 saturated heterocycles. The third kappa shape index (κ3) is 3.94. The lowest BCUT2D eigenvalue weighted by atomic mass is 9.78. The normalized spacial score (nSPS) is 22.7. The maximum absolute atomic E-state index is 5.50. The van der Waals surface area contributed by atoms with Crippen molar-refractivity contribution < 1.29 is 9.47 Å². The summed E-state index contributed by atoms with van der Waals surface area (Å²) < 4.78 is 10.9. The van der Waals surface area contributed by atoms with E-state index in [1.807, 2.05) is 23.5 Å². The van der Waals surface area contributed by atoms with Crippen LogP contribution in [0.15, 0.2) is 18.2 Å². The van der Waals surface area contributed by atoms with E-state index >= 15 is 0 Å². The van der Waals surface area contributed by atoms with Crippen LogP contribution in [0.3, 0.4) is 0 Å². The molecule has 32 heavy (non-hydrogen) atoms. The second kappa shape index (κ2) is 8.89. The van der Waals surface area contributed by atoms with E-state index in [1.165, 1.54) is 47.9 Å². The number of aryl methyl sites for hydroxylation is 2. The zero-order valence-corrected chi connectivity index (χ0v) is 20.3. The number of ether oxygens (including phenoxy) is 2. The van der Waals surface area contributed by atoms with Crippen LogP contribution in [-0.4, -0.2) is 30.2 Å². The number of anilines is 1. The monoisotopic (exact) mass is 451 g/mol. The van der Waals surface area contributed by atoms with E-state index in [0.717, 1.165) is 45.9 Å². The minimum atomic E-state index is 0.475. The SMILES string of the molecule is COc1ccc(Cc2nc(N[C@@H]3CCC[C@H](C)[C@@H]3C)c3c4c(sc3n2)CCC4)cc1OC. The largest absolute Gasteiger partial charge is 0.493 e. The fraction of sp³-hybridized carbons (Fsp3) is 0.538. The van der Waals surface area contributed by atoms with Crippen molar-refractivity contribution in [3.05, 3.63) is 40.0 Å². The van der Waals surface area contributed by atoms with Gasteiger partial charge in [-0.2, -0.15) is 0 Å². The van der Waals surface area contributed by atoms with Crippen molar-refractivity contribution in [2.24, 2.45) is 11.8 Å². The molecule has 1 aromatic carbocycles. The first-order chi connectivity index (χ1) is 15.6. The average molecular weight is 452 g/mol. The molecule has 170 valence electrons. The molecule has 0 amide bonds. The second-order valence-corrected chi connectivity index (χ2v) is 10.5. The minimum absolute atomic E-state index is 0.475. The lowest BCUT2D eigenvalue weighted by molar-refractivity contribution is 0.253. The predicted octanol–water partition coefficient (Wildman–Crippen LogP) is 6.02. The molecule has 0 unspecified atom stereocenters. The molecule has 1 fully saturated rings. The number of rotatable bonds is 6. The summed E-state index contributed by atoms with van der Waals surface area (Å²) in [5, 5.41) is 5.18. The standard InChI is InChI=1S/C26H33N3O2S/c1-15-7-5-9-19(16(15)2)27-25-24-18-8-6-10-22(18)32-26(24)29-23(28-25)14-17-11-12-20(30-3)21(13-17)31-4/h11-13,15-16,19H,5-10,14H2,1-4H3,(H,27,28,29)/t15-,16-,19+/m0/s1. The van der Waals surface area contributed by atoms with Crippen LogP contribution in [0.2, 0.25) is 0 Å². The number of hydrogen-bond acceptors (Lipinski definition) is 6. The number of thiophene rings is 1. The topological polar surface area (TPSA) is 56.3 Å². The predicted molar refractivity (Wildman–Crippen MR) is 131 cm³/mol. The summed E-state index contributed by atoms with van der Waals surface area (Å²) >= 11 is 1.87. The Morgan fingerprint density at radius 1 is 1.03 bits per heavy atom. The second-order valence-electron chi connectivity index (χ2n) is 9.41. The highest BCUT2D eigenvalue weighted by atomic mass is 32.1. The first kappa shape index (κ1) is 21.5. The molecule has 2 aliphatic carbocycles. The van der Waals surface area contributed by atoms with Gasteiger partial charge in [0.15, 0.2) is 11.5 Å². The summed E-state index contributed by atoms with van der Waals surface area (Å²) in [5.74, 6) is 4.79. The number of aromatic nitrogens is 2. The van der Waals surface area contributed by atoms with Gasteiger partial charge in [-0.05, 0) is 60.8 Å². The average Bonchev–Trinajstić information content (AvgIpc) is 3.38. The Labute approximate surface area is 194 Å². The first-order valence-corrected chi connectivity index (χ1v) is 12.7. The van der Waals surface area contributed by atoms with E-state index in [9.17, 15) is 0 Å². The lowest BCUT2D eigenvalue weighted by Gasteiger charge is -2.35. The molecule has 5 rings (SSSR count). The molecule has 2 aromatic heterocycles. The van der Waals surface area contributed by atoms with Crippen molar-refractivity contribution in [3.63, 3.8) is 0 Å². The molecule has 0 bridgehead atoms. The Morgan fingerprint density at radius 2 is 1.88 bits per heavy atom. The fourth-order valence-electron chi connectivity index (χ4n) is 5.36. The molecule has 0 radical (unpaired) electrons. The lowest BCUT2D eigenvalue weighted by Crippen LogP contribution is -2.35. The summed E-state index contributed by atoms with van der Waals surface area (Å²) in [7, 11) is 3.33. The van der Waals surface area contributed by atoms with Gasteiger partial charge in [0.05, 0.1) is 19.6 Å². The van der Waals surface area contributed by atoms with Gasteiger partial charge >= 0.3 is 0 Å². The zero-order chi connectivity index (χ0) is 22.2. The van der Waals surface area contributed by atoms with Gasteiger partial charge in [-0.3, -0.25) is 0 Å². The van der Waals surface area contributed by atoms with Gasteiger partial charge in [0.2, 0.25) is 0 Å². The van der Waals surface area contributed by atoms with Crippen LogP contribution in [0.5, 0.6) is 11.5 Å². The van der Waals surface area contributed by atoms with Crippen LogP contribution in [0.25, 0.3) is 10.2 Å². The summed E-state index contributed by atoms with van der Waals surface area (Å²) in [4.78, 5) is 12.8. The van der Waals surface area contributed by atoms with E-state index in [1.54, 1.807) is 14.2 Å². The van der Waals surface area contributed by atoms with Crippen LogP contribution in [-0.2, 0) is 19.3 Å². The van der Waals surface area contributed by atoms with E-state index in [2.05, 4.69) is 25.2 Å². The molecule has 5 nitrogen and oxygen atoms in total. The van der Waals surface area contributed by atoms with Crippen molar-refractivity contribution in [1.82, 2.24) is 9.97 Å². The van der Waals surface area contributed by atoms with Crippen molar-refractivity contribution in [3.8, 4) is 11.5 Å². The molecule has 2 heterocycles. The van der Waals surface area contributed by atoms with Crippen LogP contribution < -0.4 is 14.8 Å². The van der Waals surface area contributed by atoms with Crippen molar-refractivity contribution >= 4 is 27.4 Å². The molecule has 1 N–H and O–H groups in total. The third-order valence-corrected chi connectivity index (χ3v) is 8.64. The maximum Gasteiger partial charge on any atom is 0.161 e. The molecule has 3 aromatic rings. The first-order valence-electron chi connectivity index (χ1n) is 11.9. The maximum atomic E-state index is 5.50. The number of benzene rings is 1. The van der Waals surface area contributed by atoms with E-state index in [-0.39, 0.29) is 0 Å². The summed E-state index contributed by atoms with van der Waals surface area (Å²) in [6.07, 6.45) is 8.09. The molecule has 0 aliphatic heterocycles. The van der Waals surface area contributed by atoms with E-state index in [0.29, 0.717) is 18.4 Å². The van der Waals surface area contributed by atoms with Gasteiger partial charge in [-0.25, -0.2) is 9.97 Å². The highest BCUT2D eigenvalue weighted by Gasteiger charge is 2.29. The van der Waals surface area contributed by atoms with Gasteiger partial charge in [0.25, 0.3) is 0 Å². The summed E-state index contributed by atoms with van der Waals surface area (Å²) in [6, 6.07) is 6.53. The quantitative estimate of drug-likeness (QED) is 0.496. The molecule has 2 aliphatic rings. The van der Waals surface area contributed by atoms with Crippen LogP contribution >= 0.6 is 11.3 Å². The summed E-state index contributed by atoms with van der Waals surface area (Å²) in [5.41, 5.74) is 2.61. The van der Waals surface area contributed by atoms with Gasteiger partial charge in [-0.1, -0.05) is 32.8 Å². The molecule has 1 saturated carbocycles. The molecular formula is C26H33N3O2S. The molecule has 0 spiro atoms. The number of fused-ring (bicyclic) bond motifs is 3. The van der Waals surface area contributed by atoms with Crippen molar-refractivity contribution in [1.29, 1.82) is 0 Å².